The van der Waals surface area contributed by atoms with Gasteiger partial charge in [-0.25, -0.2) is 4.79 Å². The van der Waals surface area contributed by atoms with Gasteiger partial charge in [-0.15, -0.1) is 0 Å². The van der Waals surface area contributed by atoms with E-state index in [9.17, 15) is 4.79 Å². The molecule has 0 bridgehead atoms. The maximum absolute atomic E-state index is 12.4. The number of amides is 2. The highest BCUT2D eigenvalue weighted by Crippen LogP contribution is 2.23. The zero-order valence-corrected chi connectivity index (χ0v) is 12.3. The Balaban J connectivity index is 2.07. The molecule has 104 valence electrons. The van der Waals surface area contributed by atoms with E-state index in [0.717, 1.165) is 37.1 Å². The van der Waals surface area contributed by atoms with E-state index in [1.165, 1.54) is 6.42 Å². The maximum Gasteiger partial charge on any atom is 0.322 e. The van der Waals surface area contributed by atoms with Crippen molar-refractivity contribution in [3.05, 3.63) is 28.8 Å². The molecule has 19 heavy (non-hydrogen) atoms. The molecule has 4 heteroatoms. The highest BCUT2D eigenvalue weighted by atomic mass is 35.5. The molecule has 0 aromatic heterocycles. The van der Waals surface area contributed by atoms with E-state index in [1.54, 1.807) is 6.07 Å². The summed E-state index contributed by atoms with van der Waals surface area (Å²) in [5, 5.41) is 3.69. The summed E-state index contributed by atoms with van der Waals surface area (Å²) in [6, 6.07) is 5.92. The quantitative estimate of drug-likeness (QED) is 0.853. The van der Waals surface area contributed by atoms with Crippen molar-refractivity contribution >= 4 is 23.3 Å². The SMILES string of the molecule is CCC1CCCCN1C(=O)Nc1ccc(Cl)cc1C. The van der Waals surface area contributed by atoms with Crippen molar-refractivity contribution in [1.29, 1.82) is 0 Å². The summed E-state index contributed by atoms with van der Waals surface area (Å²) < 4.78 is 0. The first-order valence-corrected chi connectivity index (χ1v) is 7.33. The van der Waals surface area contributed by atoms with Crippen LogP contribution in [-0.4, -0.2) is 23.5 Å². The molecule has 1 aromatic carbocycles. The van der Waals surface area contributed by atoms with Gasteiger partial charge in [0, 0.05) is 23.3 Å². The molecule has 1 heterocycles. The lowest BCUT2D eigenvalue weighted by Gasteiger charge is -2.35. The maximum atomic E-state index is 12.4. The molecule has 1 saturated heterocycles. The second-order valence-electron chi connectivity index (χ2n) is 5.14. The summed E-state index contributed by atoms with van der Waals surface area (Å²) >= 11 is 5.92. The van der Waals surface area contributed by atoms with Crippen molar-refractivity contribution in [3.8, 4) is 0 Å². The summed E-state index contributed by atoms with van der Waals surface area (Å²) in [5.74, 6) is 0. The molecule has 1 unspecified atom stereocenters. The van der Waals surface area contributed by atoms with Crippen molar-refractivity contribution in [2.45, 2.75) is 45.6 Å². The fourth-order valence-electron chi connectivity index (χ4n) is 2.65. The molecule has 1 aliphatic heterocycles. The number of nitrogens with one attached hydrogen (secondary N) is 1. The normalized spacial score (nSPS) is 19.3. The zero-order chi connectivity index (χ0) is 13.8. The molecule has 1 atom stereocenters. The second-order valence-corrected chi connectivity index (χ2v) is 5.58. The molecule has 0 saturated carbocycles. The van der Waals surface area contributed by atoms with Crippen LogP contribution in [0.2, 0.25) is 5.02 Å². The molecule has 0 aliphatic carbocycles. The molecule has 1 aliphatic rings. The van der Waals surface area contributed by atoms with Crippen LogP contribution in [0.3, 0.4) is 0 Å². The van der Waals surface area contributed by atoms with Crippen molar-refractivity contribution in [2.24, 2.45) is 0 Å². The minimum atomic E-state index is 0.0111. The van der Waals surface area contributed by atoms with E-state index in [-0.39, 0.29) is 6.03 Å². The number of halogens is 1. The van der Waals surface area contributed by atoms with Gasteiger partial charge in [-0.1, -0.05) is 18.5 Å². The molecule has 1 aromatic rings. The Kier molecular flexibility index (Phi) is 4.70. The Morgan fingerprint density at radius 3 is 2.95 bits per heavy atom. The number of carbonyl (C=O) groups excluding carboxylic acids is 1. The fourth-order valence-corrected chi connectivity index (χ4v) is 2.87. The van der Waals surface area contributed by atoms with Gasteiger partial charge in [-0.3, -0.25) is 0 Å². The van der Waals surface area contributed by atoms with E-state index in [2.05, 4.69) is 12.2 Å². The third-order valence-electron chi connectivity index (χ3n) is 3.79. The van der Waals surface area contributed by atoms with Gasteiger partial charge in [0.25, 0.3) is 0 Å². The van der Waals surface area contributed by atoms with Crippen LogP contribution >= 0.6 is 11.6 Å². The number of hydrogen-bond acceptors (Lipinski definition) is 1. The topological polar surface area (TPSA) is 32.3 Å². The number of likely N-dealkylation sites (tertiary alicyclic amines) is 1. The van der Waals surface area contributed by atoms with Gasteiger partial charge in [0.1, 0.15) is 0 Å². The minimum absolute atomic E-state index is 0.0111. The van der Waals surface area contributed by atoms with Crippen LogP contribution in [0, 0.1) is 6.92 Å². The summed E-state index contributed by atoms with van der Waals surface area (Å²) in [7, 11) is 0. The summed E-state index contributed by atoms with van der Waals surface area (Å²) in [6.45, 7) is 4.95. The van der Waals surface area contributed by atoms with Gasteiger partial charge < -0.3 is 10.2 Å². The molecule has 0 radical (unpaired) electrons. The Bertz CT molecular complexity index is 461. The first-order valence-electron chi connectivity index (χ1n) is 6.95. The van der Waals surface area contributed by atoms with Gasteiger partial charge in [-0.2, -0.15) is 0 Å². The zero-order valence-electron chi connectivity index (χ0n) is 11.6. The largest absolute Gasteiger partial charge is 0.322 e. The van der Waals surface area contributed by atoms with Crippen LogP contribution in [0.4, 0.5) is 10.5 Å². The molecule has 2 amide bonds. The number of nitrogens with zero attached hydrogens (tertiary/aromatic N) is 1. The van der Waals surface area contributed by atoms with E-state index in [4.69, 9.17) is 11.6 Å². The molecule has 1 N–H and O–H groups in total. The standard InChI is InChI=1S/C15H21ClN2O/c1-3-13-6-4-5-9-18(13)15(19)17-14-8-7-12(16)10-11(14)2/h7-8,10,13H,3-6,9H2,1-2H3,(H,17,19). The Hall–Kier alpha value is -1.22. The predicted octanol–water partition coefficient (Wildman–Crippen LogP) is 4.44. The molecular formula is C15H21ClN2O. The Morgan fingerprint density at radius 2 is 2.26 bits per heavy atom. The third-order valence-corrected chi connectivity index (χ3v) is 4.02. The lowest BCUT2D eigenvalue weighted by atomic mass is 10.0. The monoisotopic (exact) mass is 280 g/mol. The highest BCUT2D eigenvalue weighted by Gasteiger charge is 2.25. The van der Waals surface area contributed by atoms with Gasteiger partial charge >= 0.3 is 6.03 Å². The number of anilines is 1. The van der Waals surface area contributed by atoms with Crippen molar-refractivity contribution in [3.63, 3.8) is 0 Å². The number of benzene rings is 1. The minimum Gasteiger partial charge on any atom is -0.322 e. The van der Waals surface area contributed by atoms with E-state index in [0.29, 0.717) is 11.1 Å². The second kappa shape index (κ2) is 6.29. The van der Waals surface area contributed by atoms with Crippen LogP contribution in [0.15, 0.2) is 18.2 Å². The molecule has 0 spiro atoms. The highest BCUT2D eigenvalue weighted by molar-refractivity contribution is 6.30. The molecule has 2 rings (SSSR count). The first-order chi connectivity index (χ1) is 9.11. The fraction of sp³-hybridized carbons (Fsp3) is 0.533. The van der Waals surface area contributed by atoms with E-state index < -0.39 is 0 Å². The lowest BCUT2D eigenvalue weighted by Crippen LogP contribution is -2.45. The molecule has 1 fully saturated rings. The lowest BCUT2D eigenvalue weighted by molar-refractivity contribution is 0.160. The van der Waals surface area contributed by atoms with Gasteiger partial charge in [0.2, 0.25) is 0 Å². The number of rotatable bonds is 2. The smallest absolute Gasteiger partial charge is 0.322 e. The Morgan fingerprint density at radius 1 is 1.47 bits per heavy atom. The van der Waals surface area contributed by atoms with Crippen molar-refractivity contribution in [2.75, 3.05) is 11.9 Å². The third kappa shape index (κ3) is 3.41. The number of piperidine rings is 1. The number of aryl methyl sites for hydroxylation is 1. The van der Waals surface area contributed by atoms with Crippen molar-refractivity contribution in [1.82, 2.24) is 4.90 Å². The average Bonchev–Trinajstić information content (AvgIpc) is 2.41. The average molecular weight is 281 g/mol. The predicted molar refractivity (Wildman–Crippen MR) is 79.8 cm³/mol. The number of carbonyl (C=O) groups is 1. The van der Waals surface area contributed by atoms with Crippen molar-refractivity contribution < 1.29 is 4.79 Å². The van der Waals surface area contributed by atoms with Crippen LogP contribution in [0.25, 0.3) is 0 Å². The van der Waals surface area contributed by atoms with E-state index in [1.807, 2.05) is 24.0 Å². The summed E-state index contributed by atoms with van der Waals surface area (Å²) in [5.41, 5.74) is 1.83. The number of urea groups is 1. The van der Waals surface area contributed by atoms with Crippen LogP contribution in [-0.2, 0) is 0 Å². The van der Waals surface area contributed by atoms with Gasteiger partial charge in [0.05, 0.1) is 0 Å². The Labute approximate surface area is 119 Å². The van der Waals surface area contributed by atoms with Crippen LogP contribution in [0.5, 0.6) is 0 Å². The van der Waals surface area contributed by atoms with E-state index >= 15 is 0 Å². The summed E-state index contributed by atoms with van der Waals surface area (Å²) in [4.78, 5) is 14.3. The molecule has 3 nitrogen and oxygen atoms in total. The van der Waals surface area contributed by atoms with Crippen LogP contribution < -0.4 is 5.32 Å². The van der Waals surface area contributed by atoms with Gasteiger partial charge in [-0.05, 0) is 56.4 Å². The molecular weight excluding hydrogens is 260 g/mol. The van der Waals surface area contributed by atoms with Crippen LogP contribution in [0.1, 0.15) is 38.2 Å². The van der Waals surface area contributed by atoms with Gasteiger partial charge in [0.15, 0.2) is 0 Å². The summed E-state index contributed by atoms with van der Waals surface area (Å²) in [6.07, 6.45) is 4.46. The number of hydrogen-bond donors (Lipinski definition) is 1. The first kappa shape index (κ1) is 14.2.